The minimum absolute atomic E-state index is 0.266. The highest BCUT2D eigenvalue weighted by Gasteiger charge is 2.08. The third-order valence-corrected chi connectivity index (χ3v) is 3.17. The molecule has 0 bridgehead atoms. The second-order valence-corrected chi connectivity index (χ2v) is 4.32. The maximum absolute atomic E-state index is 13.1. The molecule has 0 fully saturated rings. The summed E-state index contributed by atoms with van der Waals surface area (Å²) >= 11 is 4.49. The molecule has 1 nitrogen and oxygen atoms in total. The maximum Gasteiger partial charge on any atom is 0.141 e. The first-order valence-electron chi connectivity index (χ1n) is 3.48. The van der Waals surface area contributed by atoms with Crippen LogP contribution in [0.15, 0.2) is 22.0 Å². The van der Waals surface area contributed by atoms with Crippen LogP contribution < -0.4 is 0 Å². The van der Waals surface area contributed by atoms with Crippen LogP contribution in [0.4, 0.5) is 4.39 Å². The first kappa shape index (κ1) is 8.67. The fraction of sp³-hybridized carbons (Fsp3) is 0. The van der Waals surface area contributed by atoms with Gasteiger partial charge in [-0.2, -0.15) is 5.26 Å². The summed E-state index contributed by atoms with van der Waals surface area (Å²) in [7, 11) is 0. The molecule has 1 aromatic heterocycles. The van der Waals surface area contributed by atoms with E-state index in [-0.39, 0.29) is 5.82 Å². The van der Waals surface area contributed by atoms with E-state index in [2.05, 4.69) is 15.9 Å². The maximum atomic E-state index is 13.1. The monoisotopic (exact) mass is 255 g/mol. The van der Waals surface area contributed by atoms with Gasteiger partial charge in [-0.3, -0.25) is 0 Å². The Hall–Kier alpha value is -0.920. The van der Waals surface area contributed by atoms with E-state index in [1.807, 2.05) is 6.07 Å². The van der Waals surface area contributed by atoms with Gasteiger partial charge in [-0.15, -0.1) is 11.3 Å². The molecule has 2 rings (SSSR count). The molecule has 0 saturated carbocycles. The largest absolute Gasteiger partial charge is 0.205 e. The summed E-state index contributed by atoms with van der Waals surface area (Å²) in [5.41, 5.74) is 0.512. The van der Waals surface area contributed by atoms with Crippen molar-refractivity contribution in [3.8, 4) is 6.07 Å². The first-order valence-corrected chi connectivity index (χ1v) is 5.16. The number of thiophene rings is 1. The number of nitriles is 1. The molecule has 2 aromatic rings. The number of hydrogen-bond donors (Lipinski definition) is 0. The Bertz CT molecular complexity index is 512. The van der Waals surface area contributed by atoms with E-state index in [0.717, 1.165) is 4.47 Å². The van der Waals surface area contributed by atoms with Crippen molar-refractivity contribution >= 4 is 37.4 Å². The Kier molecular flexibility index (Phi) is 2.06. The number of benzene rings is 1. The van der Waals surface area contributed by atoms with Crippen molar-refractivity contribution < 1.29 is 4.39 Å². The van der Waals surface area contributed by atoms with E-state index in [1.165, 1.54) is 16.7 Å². The Balaban J connectivity index is 2.94. The smallest absolute Gasteiger partial charge is 0.141 e. The van der Waals surface area contributed by atoms with Gasteiger partial charge in [-0.05, 0) is 12.1 Å². The van der Waals surface area contributed by atoms with Gasteiger partial charge >= 0.3 is 0 Å². The zero-order valence-electron chi connectivity index (χ0n) is 6.34. The van der Waals surface area contributed by atoms with Gasteiger partial charge in [0.2, 0.25) is 0 Å². The van der Waals surface area contributed by atoms with E-state index >= 15 is 0 Å². The summed E-state index contributed by atoms with van der Waals surface area (Å²) < 4.78 is 14.6. The van der Waals surface area contributed by atoms with Crippen molar-refractivity contribution in [1.82, 2.24) is 0 Å². The highest BCUT2D eigenvalue weighted by Crippen LogP contribution is 2.30. The Morgan fingerprint density at radius 2 is 2.23 bits per heavy atom. The normalized spacial score (nSPS) is 10.2. The van der Waals surface area contributed by atoms with Crippen LogP contribution in [0.3, 0.4) is 0 Å². The minimum atomic E-state index is -0.266. The molecule has 64 valence electrons. The van der Waals surface area contributed by atoms with Crippen LogP contribution in [-0.2, 0) is 0 Å². The van der Waals surface area contributed by atoms with Crippen molar-refractivity contribution in [1.29, 1.82) is 5.26 Å². The van der Waals surface area contributed by atoms with Gasteiger partial charge in [0, 0.05) is 15.2 Å². The van der Waals surface area contributed by atoms with E-state index in [4.69, 9.17) is 5.26 Å². The number of hydrogen-bond acceptors (Lipinski definition) is 2. The third-order valence-electron chi connectivity index (χ3n) is 1.71. The summed E-state index contributed by atoms with van der Waals surface area (Å²) in [5.74, 6) is -0.266. The second-order valence-electron chi connectivity index (χ2n) is 2.53. The number of rotatable bonds is 0. The predicted molar refractivity (Wildman–Crippen MR) is 54.2 cm³/mol. The molecule has 0 aliphatic carbocycles. The van der Waals surface area contributed by atoms with Crippen LogP contribution in [0.25, 0.3) is 10.1 Å². The van der Waals surface area contributed by atoms with Gasteiger partial charge in [0.1, 0.15) is 11.9 Å². The lowest BCUT2D eigenvalue weighted by Crippen LogP contribution is -1.76. The molecular weight excluding hydrogens is 253 g/mol. The molecule has 1 aromatic carbocycles. The summed E-state index contributed by atoms with van der Waals surface area (Å²) in [5, 5.41) is 10.7. The lowest BCUT2D eigenvalue weighted by molar-refractivity contribution is 0.644. The van der Waals surface area contributed by atoms with E-state index in [1.54, 1.807) is 12.1 Å². The molecule has 4 heteroatoms. The van der Waals surface area contributed by atoms with Gasteiger partial charge in [0.05, 0.1) is 10.3 Å². The van der Waals surface area contributed by atoms with Gasteiger partial charge in [-0.25, -0.2) is 4.39 Å². The fourth-order valence-corrected chi connectivity index (χ4v) is 2.48. The fourth-order valence-electron chi connectivity index (χ4n) is 1.16. The average Bonchev–Trinajstić information content (AvgIpc) is 2.47. The molecule has 0 radical (unpaired) electrons. The van der Waals surface area contributed by atoms with Crippen molar-refractivity contribution in [3.05, 3.63) is 33.4 Å². The van der Waals surface area contributed by atoms with E-state index in [9.17, 15) is 4.39 Å². The number of fused-ring (bicyclic) bond motifs is 1. The first-order chi connectivity index (χ1) is 6.22. The molecule has 0 N–H and O–H groups in total. The Morgan fingerprint density at radius 1 is 1.46 bits per heavy atom. The van der Waals surface area contributed by atoms with Crippen molar-refractivity contribution in [2.24, 2.45) is 0 Å². The van der Waals surface area contributed by atoms with Crippen molar-refractivity contribution in [2.45, 2.75) is 0 Å². The summed E-state index contributed by atoms with van der Waals surface area (Å²) in [6, 6.07) is 5.41. The SMILES string of the molecule is N#Cc1cc(Br)cc2c(F)csc12. The van der Waals surface area contributed by atoms with Gasteiger partial charge < -0.3 is 0 Å². The lowest BCUT2D eigenvalue weighted by atomic mass is 10.2. The molecule has 0 aliphatic rings. The Labute approximate surface area is 86.5 Å². The van der Waals surface area contributed by atoms with Crippen LogP contribution in [0.5, 0.6) is 0 Å². The van der Waals surface area contributed by atoms with Crippen molar-refractivity contribution in [2.75, 3.05) is 0 Å². The zero-order valence-corrected chi connectivity index (χ0v) is 8.75. The van der Waals surface area contributed by atoms with Crippen LogP contribution >= 0.6 is 27.3 Å². The van der Waals surface area contributed by atoms with E-state index < -0.39 is 0 Å². The molecule has 0 saturated heterocycles. The standard InChI is InChI=1S/C9H3BrFNS/c10-6-1-5(3-12)9-7(2-6)8(11)4-13-9/h1-2,4H. The second kappa shape index (κ2) is 3.09. The molecule has 13 heavy (non-hydrogen) atoms. The average molecular weight is 256 g/mol. The number of nitrogens with zero attached hydrogens (tertiary/aromatic N) is 1. The zero-order chi connectivity index (χ0) is 9.42. The lowest BCUT2D eigenvalue weighted by Gasteiger charge is -1.94. The van der Waals surface area contributed by atoms with Crippen molar-refractivity contribution in [3.63, 3.8) is 0 Å². The molecule has 1 heterocycles. The highest BCUT2D eigenvalue weighted by molar-refractivity contribution is 9.10. The minimum Gasteiger partial charge on any atom is -0.205 e. The quantitative estimate of drug-likeness (QED) is 0.705. The molecule has 0 spiro atoms. The third kappa shape index (κ3) is 1.34. The summed E-state index contributed by atoms with van der Waals surface area (Å²) in [4.78, 5) is 0. The summed E-state index contributed by atoms with van der Waals surface area (Å²) in [6.45, 7) is 0. The van der Waals surface area contributed by atoms with Crippen LogP contribution in [0, 0.1) is 17.1 Å². The van der Waals surface area contributed by atoms with Gasteiger partial charge in [0.25, 0.3) is 0 Å². The van der Waals surface area contributed by atoms with Crippen LogP contribution in [0.2, 0.25) is 0 Å². The van der Waals surface area contributed by atoms with Crippen LogP contribution in [-0.4, -0.2) is 0 Å². The van der Waals surface area contributed by atoms with Gasteiger partial charge in [-0.1, -0.05) is 15.9 Å². The Morgan fingerprint density at radius 3 is 2.92 bits per heavy atom. The predicted octanol–water partition coefficient (Wildman–Crippen LogP) is 3.67. The molecule has 0 aliphatic heterocycles. The van der Waals surface area contributed by atoms with Crippen LogP contribution in [0.1, 0.15) is 5.56 Å². The molecule has 0 unspecified atom stereocenters. The molecule has 0 amide bonds. The molecule has 0 atom stereocenters. The number of halogens is 2. The topological polar surface area (TPSA) is 23.8 Å². The molecular formula is C9H3BrFNS. The van der Waals surface area contributed by atoms with E-state index in [0.29, 0.717) is 15.6 Å². The van der Waals surface area contributed by atoms with Gasteiger partial charge in [0.15, 0.2) is 0 Å². The summed E-state index contributed by atoms with van der Waals surface area (Å²) in [6.07, 6.45) is 0. The highest BCUT2D eigenvalue weighted by atomic mass is 79.9.